The van der Waals surface area contributed by atoms with Crippen molar-refractivity contribution in [3.8, 4) is 0 Å². The third-order valence-corrected chi connectivity index (χ3v) is 3.53. The van der Waals surface area contributed by atoms with Crippen LogP contribution in [0.1, 0.15) is 11.4 Å². The molecule has 0 N–H and O–H groups in total. The summed E-state index contributed by atoms with van der Waals surface area (Å²) in [4.78, 5) is 17.0. The highest BCUT2D eigenvalue weighted by atomic mass is 35.5. The summed E-state index contributed by atoms with van der Waals surface area (Å²) in [7, 11) is 0. The van der Waals surface area contributed by atoms with Crippen LogP contribution in [0, 0.1) is 6.92 Å². The average Bonchev–Trinajstić information content (AvgIpc) is 2.44. The van der Waals surface area contributed by atoms with Gasteiger partial charge in [-0.25, -0.2) is 4.98 Å². The third-order valence-electron chi connectivity index (χ3n) is 3.29. The monoisotopic (exact) mass is 284 g/mol. The van der Waals surface area contributed by atoms with Gasteiger partial charge in [0.1, 0.15) is 5.82 Å². The molecule has 20 heavy (non-hydrogen) atoms. The first-order valence-corrected chi connectivity index (χ1v) is 6.73. The lowest BCUT2D eigenvalue weighted by atomic mass is 10.2. The molecule has 3 aromatic rings. The van der Waals surface area contributed by atoms with E-state index < -0.39 is 0 Å². The van der Waals surface area contributed by atoms with E-state index in [1.807, 2.05) is 37.3 Å². The van der Waals surface area contributed by atoms with E-state index in [4.69, 9.17) is 11.6 Å². The fraction of sp³-hybridized carbons (Fsp3) is 0.125. The molecule has 1 aromatic heterocycles. The van der Waals surface area contributed by atoms with Gasteiger partial charge in [0, 0.05) is 5.02 Å². The summed E-state index contributed by atoms with van der Waals surface area (Å²) < 4.78 is 1.69. The number of aromatic nitrogens is 2. The van der Waals surface area contributed by atoms with Crippen molar-refractivity contribution >= 4 is 22.5 Å². The van der Waals surface area contributed by atoms with E-state index >= 15 is 0 Å². The van der Waals surface area contributed by atoms with Crippen LogP contribution >= 0.6 is 11.6 Å². The number of nitrogens with zero attached hydrogens (tertiary/aromatic N) is 2. The van der Waals surface area contributed by atoms with Gasteiger partial charge in [-0.1, -0.05) is 41.9 Å². The maximum absolute atomic E-state index is 12.5. The first kappa shape index (κ1) is 12.9. The van der Waals surface area contributed by atoms with Gasteiger partial charge >= 0.3 is 0 Å². The maximum Gasteiger partial charge on any atom is 0.261 e. The molecule has 100 valence electrons. The van der Waals surface area contributed by atoms with Gasteiger partial charge < -0.3 is 0 Å². The minimum absolute atomic E-state index is 0.0342. The molecule has 1 heterocycles. The molecule has 0 amide bonds. The summed E-state index contributed by atoms with van der Waals surface area (Å²) >= 11 is 5.94. The maximum atomic E-state index is 12.5. The molecule has 0 unspecified atom stereocenters. The molecular formula is C16H13ClN2O. The van der Waals surface area contributed by atoms with E-state index in [0.717, 1.165) is 5.56 Å². The van der Waals surface area contributed by atoms with Gasteiger partial charge in [-0.05, 0) is 30.7 Å². The molecule has 0 aliphatic heterocycles. The predicted octanol–water partition coefficient (Wildman–Crippen LogP) is 3.41. The molecule has 4 heteroatoms. The number of hydrogen-bond donors (Lipinski definition) is 0. The SMILES string of the molecule is Cc1nc2cc(Cl)ccc2c(=O)n1Cc1ccccc1. The second-order valence-corrected chi connectivity index (χ2v) is 5.13. The van der Waals surface area contributed by atoms with Crippen LogP contribution in [0.15, 0.2) is 53.3 Å². The quantitative estimate of drug-likeness (QED) is 0.723. The second kappa shape index (κ2) is 5.10. The number of aryl methyl sites for hydroxylation is 1. The lowest BCUT2D eigenvalue weighted by Crippen LogP contribution is -2.24. The Morgan fingerprint density at radius 3 is 2.65 bits per heavy atom. The summed E-state index contributed by atoms with van der Waals surface area (Å²) in [6.45, 7) is 2.36. The number of fused-ring (bicyclic) bond motifs is 1. The smallest absolute Gasteiger partial charge is 0.261 e. The molecule has 0 saturated carbocycles. The van der Waals surface area contributed by atoms with Gasteiger partial charge in [0.05, 0.1) is 17.4 Å². The molecule has 3 nitrogen and oxygen atoms in total. The summed E-state index contributed by atoms with van der Waals surface area (Å²) in [6, 6.07) is 15.0. The Hall–Kier alpha value is -2.13. The van der Waals surface area contributed by atoms with Crippen LogP contribution < -0.4 is 5.56 Å². The summed E-state index contributed by atoms with van der Waals surface area (Å²) in [5.74, 6) is 0.689. The van der Waals surface area contributed by atoms with Crippen molar-refractivity contribution in [2.75, 3.05) is 0 Å². The Balaban J connectivity index is 2.17. The van der Waals surface area contributed by atoms with Gasteiger partial charge in [0.2, 0.25) is 0 Å². The van der Waals surface area contributed by atoms with Crippen molar-refractivity contribution in [3.05, 3.63) is 75.3 Å². The Labute approximate surface area is 121 Å². The zero-order valence-corrected chi connectivity index (χ0v) is 11.8. The van der Waals surface area contributed by atoms with Gasteiger partial charge in [-0.2, -0.15) is 0 Å². The van der Waals surface area contributed by atoms with Crippen molar-refractivity contribution in [2.24, 2.45) is 0 Å². The number of benzene rings is 2. The van der Waals surface area contributed by atoms with Crippen LogP contribution in [-0.4, -0.2) is 9.55 Å². The van der Waals surface area contributed by atoms with E-state index in [0.29, 0.717) is 28.3 Å². The summed E-state index contributed by atoms with van der Waals surface area (Å²) in [6.07, 6.45) is 0. The average molecular weight is 285 g/mol. The molecule has 0 radical (unpaired) electrons. The van der Waals surface area contributed by atoms with Crippen molar-refractivity contribution in [3.63, 3.8) is 0 Å². The zero-order chi connectivity index (χ0) is 14.1. The number of rotatable bonds is 2. The highest BCUT2D eigenvalue weighted by Crippen LogP contribution is 2.15. The van der Waals surface area contributed by atoms with Crippen molar-refractivity contribution in [1.29, 1.82) is 0 Å². The molecule has 0 aliphatic carbocycles. The topological polar surface area (TPSA) is 34.9 Å². The van der Waals surface area contributed by atoms with Crippen LogP contribution in [0.25, 0.3) is 10.9 Å². The molecule has 0 bridgehead atoms. The zero-order valence-electron chi connectivity index (χ0n) is 11.0. The Kier molecular flexibility index (Phi) is 3.28. The third kappa shape index (κ3) is 2.32. The molecule has 0 aliphatic rings. The van der Waals surface area contributed by atoms with Crippen LogP contribution in [0.5, 0.6) is 0 Å². The first-order chi connectivity index (χ1) is 9.65. The minimum Gasteiger partial charge on any atom is -0.292 e. The fourth-order valence-corrected chi connectivity index (χ4v) is 2.42. The minimum atomic E-state index is -0.0342. The molecule has 2 aromatic carbocycles. The van der Waals surface area contributed by atoms with E-state index in [9.17, 15) is 4.79 Å². The fourth-order valence-electron chi connectivity index (χ4n) is 2.26. The normalized spacial score (nSPS) is 10.9. The molecular weight excluding hydrogens is 272 g/mol. The highest BCUT2D eigenvalue weighted by molar-refractivity contribution is 6.31. The van der Waals surface area contributed by atoms with E-state index in [-0.39, 0.29) is 5.56 Å². The molecule has 0 atom stereocenters. The van der Waals surface area contributed by atoms with E-state index in [1.54, 1.807) is 22.8 Å². The first-order valence-electron chi connectivity index (χ1n) is 6.36. The highest BCUT2D eigenvalue weighted by Gasteiger charge is 2.08. The second-order valence-electron chi connectivity index (χ2n) is 4.70. The molecule has 3 rings (SSSR count). The molecule has 0 saturated heterocycles. The van der Waals surface area contributed by atoms with E-state index in [1.165, 1.54) is 0 Å². The Morgan fingerprint density at radius 1 is 1.15 bits per heavy atom. The van der Waals surface area contributed by atoms with Crippen LogP contribution in [0.3, 0.4) is 0 Å². The number of hydrogen-bond acceptors (Lipinski definition) is 2. The van der Waals surface area contributed by atoms with Gasteiger partial charge in [0.25, 0.3) is 5.56 Å². The van der Waals surface area contributed by atoms with Gasteiger partial charge in [0.15, 0.2) is 0 Å². The van der Waals surface area contributed by atoms with Crippen molar-refractivity contribution in [1.82, 2.24) is 9.55 Å². The van der Waals surface area contributed by atoms with Crippen molar-refractivity contribution in [2.45, 2.75) is 13.5 Å². The van der Waals surface area contributed by atoms with Gasteiger partial charge in [-0.3, -0.25) is 9.36 Å². The number of halogens is 1. The summed E-state index contributed by atoms with van der Waals surface area (Å²) in [5.41, 5.74) is 1.69. The Bertz CT molecular complexity index is 825. The van der Waals surface area contributed by atoms with E-state index in [2.05, 4.69) is 4.98 Å². The van der Waals surface area contributed by atoms with Crippen LogP contribution in [-0.2, 0) is 6.54 Å². The lowest BCUT2D eigenvalue weighted by Gasteiger charge is -2.11. The molecule has 0 spiro atoms. The summed E-state index contributed by atoms with van der Waals surface area (Å²) in [5, 5.41) is 1.18. The Morgan fingerprint density at radius 2 is 1.90 bits per heavy atom. The van der Waals surface area contributed by atoms with Crippen LogP contribution in [0.2, 0.25) is 5.02 Å². The standard InChI is InChI=1S/C16H13ClN2O/c1-11-18-15-9-13(17)7-8-14(15)16(20)19(11)10-12-5-3-2-4-6-12/h2-9H,10H2,1H3. The molecule has 0 fully saturated rings. The largest absolute Gasteiger partial charge is 0.292 e. The van der Waals surface area contributed by atoms with Crippen LogP contribution in [0.4, 0.5) is 0 Å². The van der Waals surface area contributed by atoms with Crippen molar-refractivity contribution < 1.29 is 0 Å². The van der Waals surface area contributed by atoms with Gasteiger partial charge in [-0.15, -0.1) is 0 Å². The predicted molar refractivity (Wildman–Crippen MR) is 81.3 cm³/mol. The lowest BCUT2D eigenvalue weighted by molar-refractivity contribution is 0.713.